The second kappa shape index (κ2) is 6.64. The summed E-state index contributed by atoms with van der Waals surface area (Å²) in [4.78, 5) is 19.2. The number of amides is 1. The van der Waals surface area contributed by atoms with Crippen molar-refractivity contribution in [2.24, 2.45) is 0 Å². The first-order valence-electron chi connectivity index (χ1n) is 7.39. The van der Waals surface area contributed by atoms with Crippen molar-refractivity contribution in [3.8, 4) is 9.88 Å². The van der Waals surface area contributed by atoms with Gasteiger partial charge in [-0.2, -0.15) is 0 Å². The van der Waals surface area contributed by atoms with Crippen molar-refractivity contribution in [2.45, 2.75) is 27.3 Å². The highest BCUT2D eigenvalue weighted by Crippen LogP contribution is 2.30. The Morgan fingerprint density at radius 1 is 1.17 bits per heavy atom. The highest BCUT2D eigenvalue weighted by molar-refractivity contribution is 7.21. The Morgan fingerprint density at radius 3 is 2.57 bits per heavy atom. The second-order valence-electron chi connectivity index (χ2n) is 5.56. The van der Waals surface area contributed by atoms with Crippen molar-refractivity contribution < 1.29 is 4.79 Å². The number of nitrogens with zero attached hydrogens (tertiary/aromatic N) is 1. The standard InChI is InChI=1S/C18H18N2OS2/c1-11-7-12(2)9-14(8-11)17(21)19-10-16-13(3)20-18(23-16)15-5-4-6-22-15/h4-9H,10H2,1-3H3,(H,19,21). The maximum Gasteiger partial charge on any atom is 0.251 e. The van der Waals surface area contributed by atoms with Crippen LogP contribution in [0.3, 0.4) is 0 Å². The van der Waals surface area contributed by atoms with E-state index >= 15 is 0 Å². The number of aromatic nitrogens is 1. The van der Waals surface area contributed by atoms with Gasteiger partial charge in [-0.25, -0.2) is 4.98 Å². The molecule has 1 amide bonds. The molecule has 2 heterocycles. The molecule has 0 unspecified atom stereocenters. The summed E-state index contributed by atoms with van der Waals surface area (Å²) < 4.78 is 0. The van der Waals surface area contributed by atoms with E-state index in [2.05, 4.69) is 22.4 Å². The first-order valence-corrected chi connectivity index (χ1v) is 9.09. The molecule has 5 heteroatoms. The molecule has 118 valence electrons. The summed E-state index contributed by atoms with van der Waals surface area (Å²) in [5, 5.41) is 6.07. The van der Waals surface area contributed by atoms with Gasteiger partial charge in [0.15, 0.2) is 0 Å². The molecule has 0 aliphatic carbocycles. The van der Waals surface area contributed by atoms with Gasteiger partial charge in [-0.1, -0.05) is 23.3 Å². The molecule has 1 N–H and O–H groups in total. The van der Waals surface area contributed by atoms with Crippen molar-refractivity contribution in [1.82, 2.24) is 10.3 Å². The first kappa shape index (κ1) is 15.9. The number of benzene rings is 1. The topological polar surface area (TPSA) is 42.0 Å². The fourth-order valence-corrected chi connectivity index (χ4v) is 4.27. The molecule has 0 aliphatic rings. The maximum absolute atomic E-state index is 12.3. The second-order valence-corrected chi connectivity index (χ2v) is 7.60. The number of carbonyl (C=O) groups excluding carboxylic acids is 1. The quantitative estimate of drug-likeness (QED) is 0.745. The van der Waals surface area contributed by atoms with Gasteiger partial charge in [0.25, 0.3) is 5.91 Å². The predicted molar refractivity (Wildman–Crippen MR) is 97.3 cm³/mol. The molecule has 0 atom stereocenters. The molecule has 0 radical (unpaired) electrons. The molecular weight excluding hydrogens is 324 g/mol. The zero-order chi connectivity index (χ0) is 16.4. The van der Waals surface area contributed by atoms with Crippen LogP contribution in [0.1, 0.15) is 32.1 Å². The van der Waals surface area contributed by atoms with Gasteiger partial charge in [-0.3, -0.25) is 4.79 Å². The summed E-state index contributed by atoms with van der Waals surface area (Å²) in [6.07, 6.45) is 0. The fraction of sp³-hybridized carbons (Fsp3) is 0.222. The van der Waals surface area contributed by atoms with E-state index in [1.54, 1.807) is 22.7 Å². The van der Waals surface area contributed by atoms with Crippen LogP contribution in [0, 0.1) is 20.8 Å². The smallest absolute Gasteiger partial charge is 0.251 e. The van der Waals surface area contributed by atoms with Gasteiger partial charge in [-0.15, -0.1) is 22.7 Å². The average Bonchev–Trinajstić information content (AvgIpc) is 3.13. The molecule has 0 spiro atoms. The largest absolute Gasteiger partial charge is 0.347 e. The van der Waals surface area contributed by atoms with E-state index in [-0.39, 0.29) is 5.91 Å². The number of aryl methyl sites for hydroxylation is 3. The predicted octanol–water partition coefficient (Wildman–Crippen LogP) is 4.73. The number of hydrogen-bond acceptors (Lipinski definition) is 4. The number of hydrogen-bond donors (Lipinski definition) is 1. The van der Waals surface area contributed by atoms with Crippen LogP contribution >= 0.6 is 22.7 Å². The molecule has 0 aliphatic heterocycles. The van der Waals surface area contributed by atoms with Gasteiger partial charge in [0, 0.05) is 10.4 Å². The minimum atomic E-state index is -0.0396. The van der Waals surface area contributed by atoms with E-state index in [0.29, 0.717) is 12.1 Å². The van der Waals surface area contributed by atoms with Crippen LogP contribution < -0.4 is 5.32 Å². The summed E-state index contributed by atoms with van der Waals surface area (Å²) in [6.45, 7) is 6.52. The van der Waals surface area contributed by atoms with Gasteiger partial charge in [-0.05, 0) is 44.4 Å². The number of rotatable bonds is 4. The van der Waals surface area contributed by atoms with Gasteiger partial charge >= 0.3 is 0 Å². The van der Waals surface area contributed by atoms with Crippen molar-refractivity contribution >= 4 is 28.6 Å². The number of thiazole rings is 1. The summed E-state index contributed by atoms with van der Waals surface area (Å²) in [5.74, 6) is -0.0396. The number of nitrogens with one attached hydrogen (secondary N) is 1. The van der Waals surface area contributed by atoms with Crippen molar-refractivity contribution in [2.75, 3.05) is 0 Å². The molecule has 1 aromatic carbocycles. The summed E-state index contributed by atoms with van der Waals surface area (Å²) >= 11 is 3.33. The third-order valence-corrected chi connectivity index (χ3v) is 5.71. The molecule has 0 saturated heterocycles. The molecule has 3 rings (SSSR count). The lowest BCUT2D eigenvalue weighted by atomic mass is 10.1. The molecule has 23 heavy (non-hydrogen) atoms. The molecule has 3 aromatic rings. The minimum absolute atomic E-state index is 0.0396. The first-order chi connectivity index (χ1) is 11.0. The average molecular weight is 342 g/mol. The highest BCUT2D eigenvalue weighted by Gasteiger charge is 2.12. The normalized spacial score (nSPS) is 10.7. The van der Waals surface area contributed by atoms with Gasteiger partial charge < -0.3 is 5.32 Å². The molecule has 0 saturated carbocycles. The maximum atomic E-state index is 12.3. The lowest BCUT2D eigenvalue weighted by molar-refractivity contribution is 0.0951. The summed E-state index contributed by atoms with van der Waals surface area (Å²) in [7, 11) is 0. The van der Waals surface area contributed by atoms with E-state index in [0.717, 1.165) is 26.7 Å². The highest BCUT2D eigenvalue weighted by atomic mass is 32.1. The van der Waals surface area contributed by atoms with Crippen LogP contribution in [-0.4, -0.2) is 10.9 Å². The molecule has 0 bridgehead atoms. The van der Waals surface area contributed by atoms with Crippen LogP contribution in [-0.2, 0) is 6.54 Å². The minimum Gasteiger partial charge on any atom is -0.347 e. The lowest BCUT2D eigenvalue weighted by Gasteiger charge is -2.06. The SMILES string of the molecule is Cc1cc(C)cc(C(=O)NCc2sc(-c3cccs3)nc2C)c1. The van der Waals surface area contributed by atoms with E-state index in [4.69, 9.17) is 0 Å². The van der Waals surface area contributed by atoms with Gasteiger partial charge in [0.05, 0.1) is 17.1 Å². The zero-order valence-electron chi connectivity index (χ0n) is 13.3. The van der Waals surface area contributed by atoms with E-state index < -0.39 is 0 Å². The Labute approximate surface area is 144 Å². The van der Waals surface area contributed by atoms with E-state index in [9.17, 15) is 4.79 Å². The third-order valence-electron chi connectivity index (χ3n) is 3.52. The summed E-state index contributed by atoms with van der Waals surface area (Å²) in [6, 6.07) is 9.99. The zero-order valence-corrected chi connectivity index (χ0v) is 15.0. The Bertz CT molecular complexity index is 815. The number of carbonyl (C=O) groups is 1. The van der Waals surface area contributed by atoms with Crippen LogP contribution in [0.4, 0.5) is 0 Å². The van der Waals surface area contributed by atoms with Crippen LogP contribution in [0.25, 0.3) is 9.88 Å². The Balaban J connectivity index is 1.72. The van der Waals surface area contributed by atoms with Crippen LogP contribution in [0.5, 0.6) is 0 Å². The molecule has 2 aromatic heterocycles. The van der Waals surface area contributed by atoms with E-state index in [1.165, 1.54) is 4.88 Å². The monoisotopic (exact) mass is 342 g/mol. The Kier molecular flexibility index (Phi) is 4.59. The van der Waals surface area contributed by atoms with Crippen LogP contribution in [0.15, 0.2) is 35.7 Å². The van der Waals surface area contributed by atoms with Gasteiger partial charge in [0.2, 0.25) is 0 Å². The Morgan fingerprint density at radius 2 is 1.91 bits per heavy atom. The van der Waals surface area contributed by atoms with Crippen LogP contribution in [0.2, 0.25) is 0 Å². The van der Waals surface area contributed by atoms with Crippen molar-refractivity contribution in [3.63, 3.8) is 0 Å². The van der Waals surface area contributed by atoms with E-state index in [1.807, 2.05) is 44.4 Å². The fourth-order valence-electron chi connectivity index (χ4n) is 2.47. The van der Waals surface area contributed by atoms with Crippen molar-refractivity contribution in [1.29, 1.82) is 0 Å². The molecular formula is C18H18N2OS2. The third kappa shape index (κ3) is 3.68. The van der Waals surface area contributed by atoms with Gasteiger partial charge in [0.1, 0.15) is 5.01 Å². The number of thiophene rings is 1. The molecule has 3 nitrogen and oxygen atoms in total. The summed E-state index contributed by atoms with van der Waals surface area (Å²) in [5.41, 5.74) is 3.90. The lowest BCUT2D eigenvalue weighted by Crippen LogP contribution is -2.22. The van der Waals surface area contributed by atoms with Crippen molar-refractivity contribution in [3.05, 3.63) is 63.0 Å². The molecule has 0 fully saturated rings. The Hall–Kier alpha value is -1.98.